The van der Waals surface area contributed by atoms with Crippen molar-refractivity contribution in [3.63, 3.8) is 0 Å². The van der Waals surface area contributed by atoms with Gasteiger partial charge in [-0.3, -0.25) is 4.79 Å². The van der Waals surface area contributed by atoms with Crippen molar-refractivity contribution in [2.24, 2.45) is 5.41 Å². The summed E-state index contributed by atoms with van der Waals surface area (Å²) in [6.45, 7) is 0.764. The lowest BCUT2D eigenvalue weighted by Crippen LogP contribution is -2.41. The highest BCUT2D eigenvalue weighted by Crippen LogP contribution is 2.45. The summed E-state index contributed by atoms with van der Waals surface area (Å²) in [5.74, 6) is 0.904. The van der Waals surface area contributed by atoms with Crippen LogP contribution < -0.4 is 9.46 Å². The van der Waals surface area contributed by atoms with E-state index in [1.165, 1.54) is 12.7 Å². The van der Waals surface area contributed by atoms with Crippen molar-refractivity contribution < 1.29 is 27.4 Å². The number of ether oxygens (including phenoxy) is 3. The molecule has 2 saturated carbocycles. The van der Waals surface area contributed by atoms with Crippen LogP contribution in [0.4, 0.5) is 0 Å². The van der Waals surface area contributed by atoms with Gasteiger partial charge in [-0.15, -0.1) is 0 Å². The Hall–Kier alpha value is -2.42. The van der Waals surface area contributed by atoms with Gasteiger partial charge in [-0.25, -0.2) is 13.1 Å². The normalized spacial score (nSPS) is 26.6. The minimum Gasteiger partial charge on any atom is -0.489 e. The number of carbonyl (C=O) groups excluding carboxylic acids is 1. The van der Waals surface area contributed by atoms with Gasteiger partial charge >= 0.3 is 5.97 Å². The molecule has 2 aliphatic carbocycles. The summed E-state index contributed by atoms with van der Waals surface area (Å²) in [4.78, 5) is 12.6. The Kier molecular flexibility index (Phi) is 7.60. The van der Waals surface area contributed by atoms with Gasteiger partial charge in [0.15, 0.2) is 0 Å². The monoisotopic (exact) mass is 487 g/mol. The van der Waals surface area contributed by atoms with Crippen molar-refractivity contribution in [2.45, 2.75) is 56.8 Å². The molecule has 184 valence electrons. The molecule has 2 atom stereocenters. The highest BCUT2D eigenvalue weighted by Gasteiger charge is 2.48. The highest BCUT2D eigenvalue weighted by atomic mass is 32.2. The fourth-order valence-electron chi connectivity index (χ4n) is 5.04. The molecule has 0 spiro atoms. The second-order valence-electron chi connectivity index (χ2n) is 9.52. The molecule has 2 aromatic carbocycles. The van der Waals surface area contributed by atoms with Gasteiger partial charge in [-0.1, -0.05) is 48.5 Å². The molecule has 8 heteroatoms. The maximum absolute atomic E-state index is 12.6. The number of benzene rings is 2. The third-order valence-corrected chi connectivity index (χ3v) is 7.66. The molecule has 0 heterocycles. The molecular weight excluding hydrogens is 454 g/mol. The van der Waals surface area contributed by atoms with Crippen LogP contribution in [-0.4, -0.2) is 46.5 Å². The zero-order valence-corrected chi connectivity index (χ0v) is 20.6. The largest absolute Gasteiger partial charge is 0.489 e. The smallest absolute Gasteiger partial charge is 0.314 e. The van der Waals surface area contributed by atoms with Crippen molar-refractivity contribution >= 4 is 16.0 Å². The number of hydrogen-bond acceptors (Lipinski definition) is 6. The minimum atomic E-state index is -3.33. The van der Waals surface area contributed by atoms with E-state index in [4.69, 9.17) is 14.2 Å². The Morgan fingerprint density at radius 1 is 1.09 bits per heavy atom. The lowest BCUT2D eigenvalue weighted by Gasteiger charge is -2.38. The first-order chi connectivity index (χ1) is 16.3. The summed E-state index contributed by atoms with van der Waals surface area (Å²) in [6.07, 6.45) is 4.42. The third-order valence-electron chi connectivity index (χ3n) is 6.89. The van der Waals surface area contributed by atoms with Gasteiger partial charge in [-0.2, -0.15) is 0 Å². The maximum Gasteiger partial charge on any atom is 0.314 e. The number of hydrogen-bond donors (Lipinski definition) is 1. The van der Waals surface area contributed by atoms with Crippen molar-refractivity contribution in [3.05, 3.63) is 65.7 Å². The predicted molar refractivity (Wildman–Crippen MR) is 129 cm³/mol. The van der Waals surface area contributed by atoms with E-state index >= 15 is 0 Å². The van der Waals surface area contributed by atoms with Crippen LogP contribution in [0.1, 0.15) is 49.1 Å². The molecule has 0 aromatic heterocycles. The van der Waals surface area contributed by atoms with Crippen LogP contribution in [-0.2, 0) is 30.9 Å². The van der Waals surface area contributed by atoms with Crippen LogP contribution in [0.3, 0.4) is 0 Å². The maximum atomic E-state index is 12.6. The van der Waals surface area contributed by atoms with Gasteiger partial charge in [0.1, 0.15) is 12.4 Å². The number of esters is 1. The standard InChI is InChI=1S/C26H33NO6S/c1-31-25(28)26(13-12-21(16-26)27-34(2,29)30)18-33-22-14-20(15-22)23-10-6-7-11-24(23)32-17-19-8-4-3-5-9-19/h3-11,20-22,27H,12-18H2,1-2H3/t20?,21-,22?,26-/m0/s1. The number of rotatable bonds is 10. The molecule has 4 rings (SSSR count). The summed E-state index contributed by atoms with van der Waals surface area (Å²) in [6, 6.07) is 17.9. The van der Waals surface area contributed by atoms with Crippen molar-refractivity contribution in [1.82, 2.24) is 4.72 Å². The second kappa shape index (κ2) is 10.5. The van der Waals surface area contributed by atoms with E-state index in [1.54, 1.807) is 0 Å². The fourth-order valence-corrected chi connectivity index (χ4v) is 5.85. The molecule has 0 saturated heterocycles. The van der Waals surface area contributed by atoms with Crippen molar-refractivity contribution in [1.29, 1.82) is 0 Å². The molecule has 0 unspecified atom stereocenters. The zero-order valence-electron chi connectivity index (χ0n) is 19.7. The molecule has 0 bridgehead atoms. The van der Waals surface area contributed by atoms with Gasteiger partial charge in [0.2, 0.25) is 10.0 Å². The molecule has 2 fully saturated rings. The van der Waals surface area contributed by atoms with Crippen LogP contribution in [0.5, 0.6) is 5.75 Å². The Labute approximate surface area is 201 Å². The molecule has 0 radical (unpaired) electrons. The first-order valence-corrected chi connectivity index (χ1v) is 13.6. The summed E-state index contributed by atoms with van der Waals surface area (Å²) in [5, 5.41) is 0. The van der Waals surface area contributed by atoms with E-state index in [1.807, 2.05) is 48.5 Å². The van der Waals surface area contributed by atoms with Crippen molar-refractivity contribution in [3.8, 4) is 5.75 Å². The van der Waals surface area contributed by atoms with E-state index in [0.29, 0.717) is 31.8 Å². The number of nitrogens with one attached hydrogen (secondary N) is 1. The summed E-state index contributed by atoms with van der Waals surface area (Å²) in [5.41, 5.74) is 1.50. The Morgan fingerprint density at radius 3 is 2.50 bits per heavy atom. The topological polar surface area (TPSA) is 90.9 Å². The van der Waals surface area contributed by atoms with Gasteiger partial charge in [-0.05, 0) is 55.2 Å². The van der Waals surface area contributed by atoms with Crippen molar-refractivity contribution in [2.75, 3.05) is 20.0 Å². The summed E-state index contributed by atoms with van der Waals surface area (Å²) < 4.78 is 43.2. The van der Waals surface area contributed by atoms with E-state index in [0.717, 1.165) is 30.4 Å². The van der Waals surface area contributed by atoms with E-state index < -0.39 is 15.4 Å². The predicted octanol–water partition coefficient (Wildman–Crippen LogP) is 3.79. The number of sulfonamides is 1. The first kappa shape index (κ1) is 24.7. The van der Waals surface area contributed by atoms with Gasteiger partial charge in [0.25, 0.3) is 0 Å². The SMILES string of the molecule is COC(=O)[C@@]1(COC2CC(c3ccccc3OCc3ccccc3)C2)CC[C@H](NS(C)(=O)=O)C1. The van der Waals surface area contributed by atoms with Crippen LogP contribution in [0, 0.1) is 5.41 Å². The van der Waals surface area contributed by atoms with Gasteiger partial charge < -0.3 is 14.2 Å². The molecule has 2 aromatic rings. The number of methoxy groups -OCH3 is 1. The average molecular weight is 488 g/mol. The number of para-hydroxylation sites is 1. The molecule has 2 aliphatic rings. The second-order valence-corrected chi connectivity index (χ2v) is 11.3. The van der Waals surface area contributed by atoms with Crippen LogP contribution in [0.25, 0.3) is 0 Å². The van der Waals surface area contributed by atoms with Gasteiger partial charge in [0, 0.05) is 6.04 Å². The zero-order chi connectivity index (χ0) is 24.2. The lowest BCUT2D eigenvalue weighted by atomic mass is 9.77. The lowest BCUT2D eigenvalue weighted by molar-refractivity contribution is -0.159. The van der Waals surface area contributed by atoms with Crippen LogP contribution in [0.15, 0.2) is 54.6 Å². The van der Waals surface area contributed by atoms with Crippen LogP contribution >= 0.6 is 0 Å². The molecule has 0 aliphatic heterocycles. The van der Waals surface area contributed by atoms with E-state index in [-0.39, 0.29) is 24.7 Å². The summed E-state index contributed by atoms with van der Waals surface area (Å²) in [7, 11) is -1.97. The Morgan fingerprint density at radius 2 is 1.79 bits per heavy atom. The van der Waals surface area contributed by atoms with Crippen LogP contribution in [0.2, 0.25) is 0 Å². The first-order valence-electron chi connectivity index (χ1n) is 11.7. The molecule has 7 nitrogen and oxygen atoms in total. The minimum absolute atomic E-state index is 0.0515. The molecule has 0 amide bonds. The average Bonchev–Trinajstić information content (AvgIpc) is 3.19. The third kappa shape index (κ3) is 5.98. The van der Waals surface area contributed by atoms with E-state index in [9.17, 15) is 13.2 Å². The quantitative estimate of drug-likeness (QED) is 0.513. The Balaban J connectivity index is 1.32. The summed E-state index contributed by atoms with van der Waals surface area (Å²) >= 11 is 0. The molecule has 34 heavy (non-hydrogen) atoms. The number of carbonyl (C=O) groups is 1. The molecule has 1 N–H and O–H groups in total. The fraction of sp³-hybridized carbons (Fsp3) is 0.500. The highest BCUT2D eigenvalue weighted by molar-refractivity contribution is 7.88. The molecular formula is C26H33NO6S. The van der Waals surface area contributed by atoms with Gasteiger partial charge in [0.05, 0.1) is 31.5 Å². The van der Waals surface area contributed by atoms with E-state index in [2.05, 4.69) is 10.8 Å². The Bertz CT molecular complexity index is 1080.